The number of carbonyl (C=O) groups excluding carboxylic acids is 1. The summed E-state index contributed by atoms with van der Waals surface area (Å²) in [5.74, 6) is -0.604. The van der Waals surface area contributed by atoms with E-state index in [-0.39, 0.29) is 17.8 Å². The van der Waals surface area contributed by atoms with Crippen LogP contribution >= 0.6 is 0 Å². The first-order chi connectivity index (χ1) is 12.3. The summed E-state index contributed by atoms with van der Waals surface area (Å²) in [6.07, 6.45) is 0.124. The first-order valence-electron chi connectivity index (χ1n) is 8.40. The van der Waals surface area contributed by atoms with E-state index in [0.717, 1.165) is 60.2 Å². The number of halogens is 3. The van der Waals surface area contributed by atoms with Gasteiger partial charge in [-0.15, -0.1) is 0 Å². The van der Waals surface area contributed by atoms with Crippen molar-refractivity contribution in [2.75, 3.05) is 5.32 Å². The zero-order chi connectivity index (χ0) is 18.7. The number of aryl methyl sites for hydroxylation is 2. The van der Waals surface area contributed by atoms with Gasteiger partial charge in [-0.1, -0.05) is 12.5 Å². The van der Waals surface area contributed by atoms with Crippen molar-refractivity contribution in [1.82, 2.24) is 9.78 Å². The van der Waals surface area contributed by atoms with E-state index in [1.165, 1.54) is 18.2 Å². The Balaban J connectivity index is 1.75. The normalized spacial score (nSPS) is 14.4. The minimum absolute atomic E-state index is 0.0210. The second-order valence-electron chi connectivity index (χ2n) is 6.30. The predicted molar refractivity (Wildman–Crippen MR) is 89.8 cm³/mol. The van der Waals surface area contributed by atoms with Crippen molar-refractivity contribution in [2.45, 2.75) is 44.8 Å². The molecule has 1 aromatic heterocycles. The van der Waals surface area contributed by atoms with Gasteiger partial charge in [-0.3, -0.25) is 9.59 Å². The van der Waals surface area contributed by atoms with Crippen LogP contribution in [0.15, 0.2) is 35.1 Å². The molecule has 0 spiro atoms. The van der Waals surface area contributed by atoms with Crippen molar-refractivity contribution >= 4 is 11.6 Å². The molecule has 0 atom stereocenters. The number of hydrogen-bond acceptors (Lipinski definition) is 3. The maximum atomic E-state index is 12.7. The summed E-state index contributed by atoms with van der Waals surface area (Å²) in [5.41, 5.74) is 0.518. The largest absolute Gasteiger partial charge is 0.416 e. The lowest BCUT2D eigenvalue weighted by atomic mass is 10.1. The van der Waals surface area contributed by atoms with E-state index in [4.69, 9.17) is 0 Å². The smallest absolute Gasteiger partial charge is 0.324 e. The van der Waals surface area contributed by atoms with Gasteiger partial charge in [0, 0.05) is 11.8 Å². The number of hydrogen-bond donors (Lipinski definition) is 1. The maximum absolute atomic E-state index is 12.7. The van der Waals surface area contributed by atoms with E-state index >= 15 is 0 Å². The number of fused-ring (bicyclic) bond motifs is 1. The predicted octanol–water partition coefficient (Wildman–Crippen LogP) is 3.17. The van der Waals surface area contributed by atoms with Gasteiger partial charge >= 0.3 is 6.18 Å². The third-order valence-corrected chi connectivity index (χ3v) is 4.29. The van der Waals surface area contributed by atoms with Crippen LogP contribution in [0.2, 0.25) is 0 Å². The average molecular weight is 365 g/mol. The van der Waals surface area contributed by atoms with Crippen molar-refractivity contribution in [3.63, 3.8) is 0 Å². The Hall–Kier alpha value is -2.64. The highest BCUT2D eigenvalue weighted by Gasteiger charge is 2.30. The molecule has 1 aromatic carbocycles. The molecule has 0 fully saturated rings. The van der Waals surface area contributed by atoms with Crippen LogP contribution in [0.5, 0.6) is 0 Å². The molecular formula is C18H18F3N3O2. The number of anilines is 1. The van der Waals surface area contributed by atoms with Crippen LogP contribution in [0, 0.1) is 0 Å². The second-order valence-corrected chi connectivity index (χ2v) is 6.30. The third-order valence-electron chi connectivity index (χ3n) is 4.29. The van der Waals surface area contributed by atoms with Crippen LogP contribution < -0.4 is 10.9 Å². The molecule has 3 rings (SSSR count). The lowest BCUT2D eigenvalue weighted by molar-refractivity contribution is -0.137. The Kier molecular flexibility index (Phi) is 5.11. The van der Waals surface area contributed by atoms with Crippen molar-refractivity contribution in [1.29, 1.82) is 0 Å². The number of nitrogens with one attached hydrogen (secondary N) is 1. The van der Waals surface area contributed by atoms with Gasteiger partial charge in [0.15, 0.2) is 0 Å². The summed E-state index contributed by atoms with van der Waals surface area (Å²) < 4.78 is 39.3. The molecule has 5 nitrogen and oxygen atoms in total. The standard InChI is InChI=1S/C18H18F3N3O2/c19-18(20,21)13-6-4-7-14(10-13)22-16(25)11-24-17(26)9-12-5-2-1-3-8-15(12)23-24/h4,6-7,9-10H,1-3,5,8,11H2,(H,22,25). The molecule has 0 bridgehead atoms. The van der Waals surface area contributed by atoms with Gasteiger partial charge in [0.1, 0.15) is 6.54 Å². The Morgan fingerprint density at radius 1 is 1.15 bits per heavy atom. The Morgan fingerprint density at radius 3 is 2.69 bits per heavy atom. The van der Waals surface area contributed by atoms with Crippen LogP contribution in [0.1, 0.15) is 36.1 Å². The van der Waals surface area contributed by atoms with Crippen LogP contribution in [-0.2, 0) is 30.4 Å². The molecule has 1 aliphatic carbocycles. The first-order valence-corrected chi connectivity index (χ1v) is 8.40. The zero-order valence-corrected chi connectivity index (χ0v) is 14.0. The van der Waals surface area contributed by atoms with Crippen LogP contribution in [-0.4, -0.2) is 15.7 Å². The van der Waals surface area contributed by atoms with Crippen LogP contribution in [0.4, 0.5) is 18.9 Å². The number of carbonyl (C=O) groups is 1. The summed E-state index contributed by atoms with van der Waals surface area (Å²) >= 11 is 0. The topological polar surface area (TPSA) is 64.0 Å². The van der Waals surface area contributed by atoms with Gasteiger partial charge in [-0.2, -0.15) is 18.3 Å². The number of benzene rings is 1. The van der Waals surface area contributed by atoms with E-state index in [2.05, 4.69) is 10.4 Å². The van der Waals surface area contributed by atoms with E-state index in [1.54, 1.807) is 0 Å². The van der Waals surface area contributed by atoms with Crippen LogP contribution in [0.3, 0.4) is 0 Å². The Bertz CT molecular complexity index is 875. The molecule has 138 valence electrons. The molecule has 0 unspecified atom stereocenters. The highest BCUT2D eigenvalue weighted by molar-refractivity contribution is 5.90. The van der Waals surface area contributed by atoms with E-state index < -0.39 is 17.6 Å². The molecule has 0 saturated heterocycles. The molecule has 1 N–H and O–H groups in total. The van der Waals surface area contributed by atoms with Gasteiger partial charge in [-0.25, -0.2) is 4.68 Å². The number of amides is 1. The molecular weight excluding hydrogens is 347 g/mol. The van der Waals surface area contributed by atoms with E-state index in [0.29, 0.717) is 0 Å². The number of nitrogens with zero attached hydrogens (tertiary/aromatic N) is 2. The van der Waals surface area contributed by atoms with Gasteiger partial charge < -0.3 is 5.32 Å². The summed E-state index contributed by atoms with van der Waals surface area (Å²) in [4.78, 5) is 24.3. The summed E-state index contributed by atoms with van der Waals surface area (Å²) in [5, 5.41) is 6.66. The average Bonchev–Trinajstić information content (AvgIpc) is 2.79. The van der Waals surface area contributed by atoms with Gasteiger partial charge in [0.2, 0.25) is 5.91 Å². The maximum Gasteiger partial charge on any atom is 0.416 e. The van der Waals surface area contributed by atoms with Crippen molar-refractivity contribution in [2.24, 2.45) is 0 Å². The Morgan fingerprint density at radius 2 is 1.92 bits per heavy atom. The quantitative estimate of drug-likeness (QED) is 0.850. The molecule has 0 aliphatic heterocycles. The number of aromatic nitrogens is 2. The summed E-state index contributed by atoms with van der Waals surface area (Å²) in [6, 6.07) is 5.86. The molecule has 0 radical (unpaired) electrons. The molecule has 8 heteroatoms. The summed E-state index contributed by atoms with van der Waals surface area (Å²) in [7, 11) is 0. The van der Waals surface area contributed by atoms with E-state index in [9.17, 15) is 22.8 Å². The second kappa shape index (κ2) is 7.31. The van der Waals surface area contributed by atoms with Crippen molar-refractivity contribution < 1.29 is 18.0 Å². The summed E-state index contributed by atoms with van der Waals surface area (Å²) in [6.45, 7) is -0.345. The monoisotopic (exact) mass is 365 g/mol. The fraction of sp³-hybridized carbons (Fsp3) is 0.389. The molecule has 1 amide bonds. The van der Waals surface area contributed by atoms with E-state index in [1.807, 2.05) is 0 Å². The molecule has 26 heavy (non-hydrogen) atoms. The number of alkyl halides is 3. The third kappa shape index (κ3) is 4.30. The SMILES string of the molecule is O=C(Cn1nc2c(cc1=O)CCCCC2)Nc1cccc(C(F)(F)F)c1. The van der Waals surface area contributed by atoms with Gasteiger partial charge in [0.25, 0.3) is 5.56 Å². The Labute approximate surface area is 147 Å². The minimum Gasteiger partial charge on any atom is -0.324 e. The molecule has 1 heterocycles. The lowest BCUT2D eigenvalue weighted by Gasteiger charge is -2.11. The van der Waals surface area contributed by atoms with Crippen molar-refractivity contribution in [3.8, 4) is 0 Å². The molecule has 1 aliphatic rings. The highest BCUT2D eigenvalue weighted by Crippen LogP contribution is 2.30. The van der Waals surface area contributed by atoms with Gasteiger partial charge in [0.05, 0.1) is 11.3 Å². The van der Waals surface area contributed by atoms with Crippen LogP contribution in [0.25, 0.3) is 0 Å². The first kappa shape index (κ1) is 18.2. The highest BCUT2D eigenvalue weighted by atomic mass is 19.4. The molecule has 2 aromatic rings. The van der Waals surface area contributed by atoms with Gasteiger partial charge in [-0.05, 0) is 49.4 Å². The number of rotatable bonds is 3. The minimum atomic E-state index is -4.49. The fourth-order valence-corrected chi connectivity index (χ4v) is 3.00. The zero-order valence-electron chi connectivity index (χ0n) is 14.0. The fourth-order valence-electron chi connectivity index (χ4n) is 3.00. The molecule has 0 saturated carbocycles. The lowest BCUT2D eigenvalue weighted by Crippen LogP contribution is -2.30. The van der Waals surface area contributed by atoms with Crippen molar-refractivity contribution in [3.05, 3.63) is 57.5 Å².